The number of fused-ring (bicyclic) bond motifs is 1. The molecule has 2 heterocycles. The van der Waals surface area contributed by atoms with E-state index in [1.807, 2.05) is 83.8 Å². The summed E-state index contributed by atoms with van der Waals surface area (Å²) in [5, 5.41) is 11.3. The van der Waals surface area contributed by atoms with Crippen LogP contribution in [0.2, 0.25) is 0 Å². The van der Waals surface area contributed by atoms with Crippen molar-refractivity contribution in [3.05, 3.63) is 109 Å². The molecule has 0 spiro atoms. The Bertz CT molecular complexity index is 1550. The molecule has 39 heavy (non-hydrogen) atoms. The van der Waals surface area contributed by atoms with Gasteiger partial charge in [0.25, 0.3) is 5.91 Å². The number of rotatable bonds is 7. The van der Waals surface area contributed by atoms with Crippen molar-refractivity contribution in [2.24, 2.45) is 0 Å². The van der Waals surface area contributed by atoms with Crippen LogP contribution in [0.3, 0.4) is 0 Å². The Hall–Kier alpha value is -4.91. The Balaban J connectivity index is 0.987. The summed E-state index contributed by atoms with van der Waals surface area (Å²) in [7, 11) is 0. The number of carbonyl (C=O) groups is 1. The first-order valence-corrected chi connectivity index (χ1v) is 13.0. The Morgan fingerprint density at radius 1 is 0.667 bits per heavy atom. The molecule has 0 bridgehead atoms. The zero-order chi connectivity index (χ0) is 26.4. The Morgan fingerprint density at radius 2 is 1.36 bits per heavy atom. The molecule has 5 aromatic rings. The Labute approximate surface area is 227 Å². The summed E-state index contributed by atoms with van der Waals surface area (Å²) < 4.78 is 11.5. The maximum atomic E-state index is 12.7. The van der Waals surface area contributed by atoms with E-state index in [9.17, 15) is 4.79 Å². The summed E-state index contributed by atoms with van der Waals surface area (Å²) >= 11 is 0. The third-order valence-electron chi connectivity index (χ3n) is 6.82. The number of hydrogen-bond donors (Lipinski definition) is 0. The summed E-state index contributed by atoms with van der Waals surface area (Å²) in [5.41, 5.74) is 1.89. The van der Waals surface area contributed by atoms with Crippen LogP contribution < -0.4 is 14.4 Å². The monoisotopic (exact) mass is 516 g/mol. The number of piperazine rings is 1. The lowest BCUT2D eigenvalue weighted by atomic mass is 10.1. The van der Waals surface area contributed by atoms with E-state index in [-0.39, 0.29) is 12.5 Å². The number of benzene rings is 4. The van der Waals surface area contributed by atoms with E-state index in [0.29, 0.717) is 37.7 Å². The smallest absolute Gasteiger partial charge is 0.260 e. The summed E-state index contributed by atoms with van der Waals surface area (Å²) in [6.07, 6.45) is 0. The van der Waals surface area contributed by atoms with Crippen molar-refractivity contribution in [2.75, 3.05) is 37.7 Å². The highest BCUT2D eigenvalue weighted by atomic mass is 16.5. The number of para-hydroxylation sites is 1. The summed E-state index contributed by atoms with van der Waals surface area (Å²) in [6.45, 7) is 2.61. The van der Waals surface area contributed by atoms with Gasteiger partial charge in [0, 0.05) is 31.7 Å². The number of ether oxygens (including phenoxy) is 2. The molecule has 0 atom stereocenters. The minimum atomic E-state index is -0.0306. The number of carbonyl (C=O) groups excluding carboxylic acids is 1. The molecule has 1 aromatic heterocycles. The average Bonchev–Trinajstić information content (AvgIpc) is 3.01. The molecule has 1 fully saturated rings. The number of amides is 1. The molecular formula is C32H28N4O3. The number of aromatic nitrogens is 2. The predicted molar refractivity (Wildman–Crippen MR) is 152 cm³/mol. The second-order valence-electron chi connectivity index (χ2n) is 9.38. The summed E-state index contributed by atoms with van der Waals surface area (Å²) in [6, 6.07) is 35.5. The molecule has 1 aliphatic rings. The zero-order valence-electron chi connectivity index (χ0n) is 21.4. The zero-order valence-corrected chi connectivity index (χ0v) is 21.4. The second-order valence-corrected chi connectivity index (χ2v) is 9.38. The van der Waals surface area contributed by atoms with E-state index in [2.05, 4.69) is 45.4 Å². The van der Waals surface area contributed by atoms with Crippen molar-refractivity contribution in [3.8, 4) is 28.5 Å². The maximum absolute atomic E-state index is 12.7. The first-order chi connectivity index (χ1) is 19.2. The number of hydrogen-bond acceptors (Lipinski definition) is 6. The van der Waals surface area contributed by atoms with E-state index in [1.165, 1.54) is 10.8 Å². The molecule has 0 unspecified atom stereocenters. The van der Waals surface area contributed by atoms with Crippen LogP contribution in [0.1, 0.15) is 0 Å². The van der Waals surface area contributed by atoms with E-state index >= 15 is 0 Å². The third-order valence-corrected chi connectivity index (χ3v) is 6.82. The van der Waals surface area contributed by atoms with Crippen molar-refractivity contribution in [1.29, 1.82) is 0 Å². The molecule has 6 rings (SSSR count). The minimum absolute atomic E-state index is 0.000844. The van der Waals surface area contributed by atoms with E-state index < -0.39 is 0 Å². The first-order valence-electron chi connectivity index (χ1n) is 13.0. The van der Waals surface area contributed by atoms with Gasteiger partial charge in [0.2, 0.25) is 0 Å². The quantitative estimate of drug-likeness (QED) is 0.272. The van der Waals surface area contributed by atoms with Crippen LogP contribution in [0, 0.1) is 0 Å². The highest BCUT2D eigenvalue weighted by Gasteiger charge is 2.22. The lowest BCUT2D eigenvalue weighted by Crippen LogP contribution is -2.50. The fourth-order valence-electron chi connectivity index (χ4n) is 4.65. The highest BCUT2D eigenvalue weighted by Crippen LogP contribution is 2.25. The van der Waals surface area contributed by atoms with Crippen LogP contribution in [-0.4, -0.2) is 53.8 Å². The molecule has 4 aromatic carbocycles. The SMILES string of the molecule is O=C(COc1ccc(Oc2ccccc2)cc1)N1CCN(c2ccc(-c3ccc4ccccc4c3)nn2)CC1. The molecular weight excluding hydrogens is 488 g/mol. The van der Waals surface area contributed by atoms with E-state index in [4.69, 9.17) is 9.47 Å². The topological polar surface area (TPSA) is 67.8 Å². The third kappa shape index (κ3) is 5.83. The van der Waals surface area contributed by atoms with Gasteiger partial charge in [-0.1, -0.05) is 54.6 Å². The van der Waals surface area contributed by atoms with Crippen molar-refractivity contribution < 1.29 is 14.3 Å². The van der Waals surface area contributed by atoms with E-state index in [0.717, 1.165) is 22.8 Å². The van der Waals surface area contributed by atoms with Crippen molar-refractivity contribution in [3.63, 3.8) is 0 Å². The van der Waals surface area contributed by atoms with Gasteiger partial charge in [-0.3, -0.25) is 4.79 Å². The highest BCUT2D eigenvalue weighted by molar-refractivity contribution is 5.86. The minimum Gasteiger partial charge on any atom is -0.484 e. The van der Waals surface area contributed by atoms with Crippen LogP contribution in [0.25, 0.3) is 22.0 Å². The molecule has 7 heteroatoms. The van der Waals surface area contributed by atoms with Gasteiger partial charge in [-0.05, 0) is 65.4 Å². The summed E-state index contributed by atoms with van der Waals surface area (Å²) in [4.78, 5) is 16.7. The Kier molecular flexibility index (Phi) is 7.03. The van der Waals surface area contributed by atoms with Gasteiger partial charge >= 0.3 is 0 Å². The van der Waals surface area contributed by atoms with Gasteiger partial charge in [-0.2, -0.15) is 0 Å². The number of nitrogens with zero attached hydrogens (tertiary/aromatic N) is 4. The number of anilines is 1. The maximum Gasteiger partial charge on any atom is 0.260 e. The summed E-state index contributed by atoms with van der Waals surface area (Å²) in [5.74, 6) is 2.90. The van der Waals surface area contributed by atoms with Crippen LogP contribution in [-0.2, 0) is 4.79 Å². The van der Waals surface area contributed by atoms with Gasteiger partial charge in [0.15, 0.2) is 12.4 Å². The van der Waals surface area contributed by atoms with Gasteiger partial charge in [-0.25, -0.2) is 0 Å². The van der Waals surface area contributed by atoms with Crippen molar-refractivity contribution in [2.45, 2.75) is 0 Å². The van der Waals surface area contributed by atoms with Crippen molar-refractivity contribution >= 4 is 22.5 Å². The van der Waals surface area contributed by atoms with Crippen LogP contribution in [0.4, 0.5) is 5.82 Å². The lowest BCUT2D eigenvalue weighted by molar-refractivity contribution is -0.133. The molecule has 1 amide bonds. The fraction of sp³-hybridized carbons (Fsp3) is 0.156. The standard InChI is InChI=1S/C32H28N4O3/c37-32(23-38-27-12-14-29(15-13-27)39-28-8-2-1-3-9-28)36-20-18-35(19-21-36)31-17-16-30(33-34-31)26-11-10-24-6-4-5-7-25(24)22-26/h1-17,22H,18-21,23H2. The fourth-order valence-corrected chi connectivity index (χ4v) is 4.65. The molecule has 0 N–H and O–H groups in total. The average molecular weight is 517 g/mol. The second kappa shape index (κ2) is 11.2. The van der Waals surface area contributed by atoms with Crippen molar-refractivity contribution in [1.82, 2.24) is 15.1 Å². The van der Waals surface area contributed by atoms with Gasteiger partial charge in [-0.15, -0.1) is 10.2 Å². The van der Waals surface area contributed by atoms with Crippen LogP contribution in [0.15, 0.2) is 109 Å². The van der Waals surface area contributed by atoms with Crippen LogP contribution in [0.5, 0.6) is 17.2 Å². The predicted octanol–water partition coefficient (Wildman–Crippen LogP) is 5.82. The molecule has 0 aliphatic carbocycles. The van der Waals surface area contributed by atoms with Gasteiger partial charge in [0.05, 0.1) is 5.69 Å². The van der Waals surface area contributed by atoms with Gasteiger partial charge in [0.1, 0.15) is 17.2 Å². The molecule has 194 valence electrons. The largest absolute Gasteiger partial charge is 0.484 e. The van der Waals surface area contributed by atoms with Crippen LogP contribution >= 0.6 is 0 Å². The molecule has 0 radical (unpaired) electrons. The van der Waals surface area contributed by atoms with E-state index in [1.54, 1.807) is 0 Å². The Morgan fingerprint density at radius 3 is 2.10 bits per heavy atom. The van der Waals surface area contributed by atoms with Gasteiger partial charge < -0.3 is 19.3 Å². The molecule has 1 aliphatic heterocycles. The first kappa shape index (κ1) is 24.4. The molecule has 1 saturated heterocycles. The normalized spacial score (nSPS) is 13.3. The lowest BCUT2D eigenvalue weighted by Gasteiger charge is -2.35. The molecule has 0 saturated carbocycles. The molecule has 7 nitrogen and oxygen atoms in total.